The van der Waals surface area contributed by atoms with Crippen molar-refractivity contribution >= 4 is 39.4 Å². The molecule has 0 atom stereocenters. The van der Waals surface area contributed by atoms with Crippen molar-refractivity contribution in [3.63, 3.8) is 0 Å². The number of anilines is 1. The largest absolute Gasteiger partial charge is 0.586 e. The number of fused-ring (bicyclic) bond motifs is 4. The van der Waals surface area contributed by atoms with Crippen LogP contribution >= 0.6 is 0 Å². The zero-order chi connectivity index (χ0) is 26.3. The van der Waals surface area contributed by atoms with Crippen LogP contribution in [-0.2, 0) is 27.4 Å². The van der Waals surface area contributed by atoms with Crippen molar-refractivity contribution in [2.45, 2.75) is 32.7 Å². The average Bonchev–Trinajstić information content (AvgIpc) is 3.37. The molecule has 0 saturated carbocycles. The predicted molar refractivity (Wildman–Crippen MR) is 129 cm³/mol. The standard InChI is InChI=1S/C25H22F2N4O6/c1-3-29(15-8-9-19-20(12-15)37-25(26,27)36-19)21(32)14-31-24(34)23-16-6-4-5-7-17(16)30(18(23)13-28-31)11-10-22(33)35-2/h4-9,12-13H,3,10-11,14H2,1-2H3. The molecule has 1 aliphatic rings. The molecule has 0 N–H and O–H groups in total. The minimum atomic E-state index is -3.77. The van der Waals surface area contributed by atoms with Crippen molar-refractivity contribution in [3.8, 4) is 11.5 Å². The van der Waals surface area contributed by atoms with Gasteiger partial charge in [0.15, 0.2) is 11.5 Å². The number of nitrogens with zero attached hydrogens (tertiary/aromatic N) is 4. The Kier molecular flexibility index (Phi) is 6.02. The van der Waals surface area contributed by atoms with Gasteiger partial charge in [0.2, 0.25) is 5.91 Å². The van der Waals surface area contributed by atoms with Crippen LogP contribution < -0.4 is 19.9 Å². The number of carbonyl (C=O) groups excluding carboxylic acids is 2. The number of carbonyl (C=O) groups is 2. The summed E-state index contributed by atoms with van der Waals surface area (Å²) in [7, 11) is 1.31. The van der Waals surface area contributed by atoms with Crippen molar-refractivity contribution in [1.29, 1.82) is 0 Å². The molecule has 0 saturated heterocycles. The second kappa shape index (κ2) is 9.19. The van der Waals surface area contributed by atoms with Crippen LogP contribution in [0.2, 0.25) is 0 Å². The molecule has 1 aliphatic heterocycles. The number of alkyl halides is 2. The van der Waals surface area contributed by atoms with Crippen LogP contribution in [0.3, 0.4) is 0 Å². The third kappa shape index (κ3) is 4.34. The van der Waals surface area contributed by atoms with Crippen molar-refractivity contribution in [2.75, 3.05) is 18.6 Å². The first kappa shape index (κ1) is 24.2. The Hall–Kier alpha value is -4.48. The lowest BCUT2D eigenvalue weighted by Gasteiger charge is -2.21. The summed E-state index contributed by atoms with van der Waals surface area (Å²) < 4.78 is 43.3. The van der Waals surface area contributed by atoms with Gasteiger partial charge in [0.1, 0.15) is 6.54 Å². The third-order valence-corrected chi connectivity index (χ3v) is 6.14. The van der Waals surface area contributed by atoms with E-state index in [1.165, 1.54) is 36.4 Å². The average molecular weight is 512 g/mol. The number of hydrogen-bond acceptors (Lipinski definition) is 7. The molecule has 5 rings (SSSR count). The maximum Gasteiger partial charge on any atom is 0.586 e. The number of amides is 1. The van der Waals surface area contributed by atoms with E-state index in [0.29, 0.717) is 22.0 Å². The SMILES string of the molecule is CCN(C(=O)Cn1ncc2c(c1=O)c1ccccc1n2CCC(=O)OC)c1ccc2c(c1)OC(F)(F)O2. The number of aromatic nitrogens is 3. The number of rotatable bonds is 7. The zero-order valence-corrected chi connectivity index (χ0v) is 19.9. The Labute approximate surface area is 208 Å². The minimum absolute atomic E-state index is 0.110. The highest BCUT2D eigenvalue weighted by Gasteiger charge is 2.43. The normalized spacial score (nSPS) is 13.7. The Morgan fingerprint density at radius 1 is 1.11 bits per heavy atom. The molecule has 12 heteroatoms. The van der Waals surface area contributed by atoms with Gasteiger partial charge in [-0.15, -0.1) is 8.78 Å². The molecule has 10 nitrogen and oxygen atoms in total. The molecule has 192 valence electrons. The fourth-order valence-electron chi connectivity index (χ4n) is 4.47. The number of likely N-dealkylation sites (N-methyl/N-ethyl adjacent to an activating group) is 1. The fraction of sp³-hybridized carbons (Fsp3) is 0.280. The van der Waals surface area contributed by atoms with Gasteiger partial charge in [0, 0.05) is 35.7 Å². The lowest BCUT2D eigenvalue weighted by Crippen LogP contribution is -2.37. The lowest BCUT2D eigenvalue weighted by atomic mass is 10.2. The summed E-state index contributed by atoms with van der Waals surface area (Å²) in [5.74, 6) is -1.18. The number of para-hydroxylation sites is 1. The van der Waals surface area contributed by atoms with Crippen molar-refractivity contribution in [1.82, 2.24) is 14.3 Å². The molecule has 3 heterocycles. The number of aryl methyl sites for hydroxylation is 1. The number of ether oxygens (including phenoxy) is 3. The first-order chi connectivity index (χ1) is 17.7. The van der Waals surface area contributed by atoms with Crippen LogP contribution in [0.5, 0.6) is 11.5 Å². The van der Waals surface area contributed by atoms with Gasteiger partial charge in [-0.2, -0.15) is 5.10 Å². The molecule has 2 aromatic carbocycles. The summed E-state index contributed by atoms with van der Waals surface area (Å²) in [6.45, 7) is 1.83. The summed E-state index contributed by atoms with van der Waals surface area (Å²) in [4.78, 5) is 39.7. The summed E-state index contributed by atoms with van der Waals surface area (Å²) in [5, 5.41) is 5.25. The Bertz CT molecular complexity index is 1600. The summed E-state index contributed by atoms with van der Waals surface area (Å²) in [6, 6.07) is 11.3. The van der Waals surface area contributed by atoms with Gasteiger partial charge in [-0.1, -0.05) is 18.2 Å². The van der Waals surface area contributed by atoms with E-state index in [0.717, 1.165) is 10.2 Å². The first-order valence-electron chi connectivity index (χ1n) is 11.5. The van der Waals surface area contributed by atoms with E-state index < -0.39 is 17.8 Å². The molecule has 4 aromatic rings. The first-order valence-corrected chi connectivity index (χ1v) is 11.5. The maximum atomic E-state index is 13.5. The van der Waals surface area contributed by atoms with Crippen LogP contribution in [0.1, 0.15) is 13.3 Å². The summed E-state index contributed by atoms with van der Waals surface area (Å²) >= 11 is 0. The van der Waals surface area contributed by atoms with Crippen LogP contribution in [0.15, 0.2) is 53.5 Å². The highest BCUT2D eigenvalue weighted by Crippen LogP contribution is 2.42. The molecule has 2 aromatic heterocycles. The van der Waals surface area contributed by atoms with Gasteiger partial charge in [0.25, 0.3) is 5.56 Å². The minimum Gasteiger partial charge on any atom is -0.469 e. The number of esters is 1. The molecule has 0 aliphatic carbocycles. The molecule has 0 unspecified atom stereocenters. The lowest BCUT2D eigenvalue weighted by molar-refractivity contribution is -0.286. The second-order valence-corrected chi connectivity index (χ2v) is 8.30. The van der Waals surface area contributed by atoms with Gasteiger partial charge >= 0.3 is 12.3 Å². The van der Waals surface area contributed by atoms with E-state index in [-0.39, 0.29) is 43.5 Å². The van der Waals surface area contributed by atoms with Gasteiger partial charge in [-0.25, -0.2) is 4.68 Å². The Morgan fingerprint density at radius 3 is 2.62 bits per heavy atom. The van der Waals surface area contributed by atoms with Crippen LogP contribution in [0, 0.1) is 0 Å². The van der Waals surface area contributed by atoms with E-state index in [2.05, 4.69) is 14.6 Å². The fourth-order valence-corrected chi connectivity index (χ4v) is 4.47. The number of benzene rings is 2. The Morgan fingerprint density at radius 2 is 1.86 bits per heavy atom. The van der Waals surface area contributed by atoms with E-state index in [1.54, 1.807) is 19.1 Å². The van der Waals surface area contributed by atoms with Gasteiger partial charge < -0.3 is 23.7 Å². The van der Waals surface area contributed by atoms with Gasteiger partial charge in [-0.05, 0) is 25.1 Å². The molecule has 0 radical (unpaired) electrons. The van der Waals surface area contributed by atoms with Crippen LogP contribution in [0.4, 0.5) is 14.5 Å². The Balaban J connectivity index is 1.48. The summed E-state index contributed by atoms with van der Waals surface area (Å²) in [6.07, 6.45) is -2.18. The summed E-state index contributed by atoms with van der Waals surface area (Å²) in [5.41, 5.74) is 1.11. The van der Waals surface area contributed by atoms with Crippen molar-refractivity contribution in [2.24, 2.45) is 0 Å². The monoisotopic (exact) mass is 512 g/mol. The van der Waals surface area contributed by atoms with E-state index in [9.17, 15) is 23.2 Å². The molecular formula is C25H22F2N4O6. The molecule has 37 heavy (non-hydrogen) atoms. The van der Waals surface area contributed by atoms with Crippen LogP contribution in [0.25, 0.3) is 21.8 Å². The number of hydrogen-bond donors (Lipinski definition) is 0. The zero-order valence-electron chi connectivity index (χ0n) is 19.9. The van der Waals surface area contributed by atoms with E-state index >= 15 is 0 Å². The van der Waals surface area contributed by atoms with Gasteiger partial charge in [-0.3, -0.25) is 14.4 Å². The predicted octanol–water partition coefficient (Wildman–Crippen LogP) is 3.29. The third-order valence-electron chi connectivity index (χ3n) is 6.14. The van der Waals surface area contributed by atoms with E-state index in [4.69, 9.17) is 4.74 Å². The number of methoxy groups -OCH3 is 1. The quantitative estimate of drug-likeness (QED) is 0.350. The molecule has 0 spiro atoms. The van der Waals surface area contributed by atoms with E-state index in [1.807, 2.05) is 16.7 Å². The number of halogens is 2. The topological polar surface area (TPSA) is 105 Å². The second-order valence-electron chi connectivity index (χ2n) is 8.30. The van der Waals surface area contributed by atoms with Gasteiger partial charge in [0.05, 0.1) is 30.6 Å². The highest BCUT2D eigenvalue weighted by atomic mass is 19.3. The molecular weight excluding hydrogens is 490 g/mol. The molecule has 0 fully saturated rings. The van der Waals surface area contributed by atoms with Crippen LogP contribution in [-0.4, -0.2) is 46.2 Å². The van der Waals surface area contributed by atoms with Crippen molar-refractivity contribution in [3.05, 3.63) is 59.0 Å². The smallest absolute Gasteiger partial charge is 0.469 e. The molecule has 0 bridgehead atoms. The maximum absolute atomic E-state index is 13.5. The molecule has 1 amide bonds. The highest BCUT2D eigenvalue weighted by molar-refractivity contribution is 6.07. The van der Waals surface area contributed by atoms with Crippen molar-refractivity contribution < 1.29 is 32.6 Å².